The molecule has 2 atom stereocenters. The van der Waals surface area contributed by atoms with E-state index in [4.69, 9.17) is 4.74 Å². The Bertz CT molecular complexity index is 344. The molecular weight excluding hydrogens is 244 g/mol. The fourth-order valence-corrected chi connectivity index (χ4v) is 2.72. The minimum Gasteiger partial charge on any atom is -0.466 e. The van der Waals surface area contributed by atoms with Crippen molar-refractivity contribution in [2.24, 2.45) is 0 Å². The summed E-state index contributed by atoms with van der Waals surface area (Å²) in [5.74, 6) is -0.268. The lowest BCUT2D eigenvalue weighted by Crippen LogP contribution is -2.49. The molecule has 2 rings (SSSR count). The van der Waals surface area contributed by atoms with Crippen molar-refractivity contribution in [2.45, 2.75) is 31.9 Å². The van der Waals surface area contributed by atoms with Gasteiger partial charge in [-0.05, 0) is 26.3 Å². The van der Waals surface area contributed by atoms with Gasteiger partial charge in [-0.25, -0.2) is 4.79 Å². The highest BCUT2D eigenvalue weighted by molar-refractivity contribution is 5.87. The van der Waals surface area contributed by atoms with Crippen molar-refractivity contribution in [3.8, 4) is 0 Å². The SMILES string of the molecule is COC(=O)C(C)=CCNCC1CN2CCCC2CO1. The van der Waals surface area contributed by atoms with Crippen molar-refractivity contribution in [2.75, 3.05) is 39.9 Å². The van der Waals surface area contributed by atoms with Crippen LogP contribution < -0.4 is 5.32 Å². The largest absolute Gasteiger partial charge is 0.466 e. The van der Waals surface area contributed by atoms with Gasteiger partial charge >= 0.3 is 5.97 Å². The summed E-state index contributed by atoms with van der Waals surface area (Å²) in [5.41, 5.74) is 0.638. The summed E-state index contributed by atoms with van der Waals surface area (Å²) in [5, 5.41) is 3.31. The number of nitrogens with one attached hydrogen (secondary N) is 1. The van der Waals surface area contributed by atoms with Gasteiger partial charge in [0.2, 0.25) is 0 Å². The maximum absolute atomic E-state index is 11.2. The fourth-order valence-electron chi connectivity index (χ4n) is 2.72. The molecule has 2 aliphatic heterocycles. The minimum absolute atomic E-state index is 0.265. The molecule has 2 aliphatic rings. The summed E-state index contributed by atoms with van der Waals surface area (Å²) < 4.78 is 10.5. The Kier molecular flexibility index (Phi) is 5.36. The minimum atomic E-state index is -0.268. The van der Waals surface area contributed by atoms with E-state index in [9.17, 15) is 4.79 Å². The Hall–Kier alpha value is -0.910. The highest BCUT2D eigenvalue weighted by Gasteiger charge is 2.31. The van der Waals surface area contributed by atoms with E-state index in [1.54, 1.807) is 6.92 Å². The summed E-state index contributed by atoms with van der Waals surface area (Å²) in [4.78, 5) is 13.7. The molecule has 2 heterocycles. The molecule has 0 aliphatic carbocycles. The van der Waals surface area contributed by atoms with Crippen molar-refractivity contribution in [3.63, 3.8) is 0 Å². The van der Waals surface area contributed by atoms with Crippen molar-refractivity contribution in [3.05, 3.63) is 11.6 Å². The zero-order chi connectivity index (χ0) is 13.7. The molecule has 2 saturated heterocycles. The van der Waals surface area contributed by atoms with Crippen LogP contribution in [0.5, 0.6) is 0 Å². The molecule has 2 fully saturated rings. The quantitative estimate of drug-likeness (QED) is 0.448. The van der Waals surface area contributed by atoms with Gasteiger partial charge < -0.3 is 14.8 Å². The molecule has 0 aromatic carbocycles. The molecule has 5 nitrogen and oxygen atoms in total. The van der Waals surface area contributed by atoms with E-state index in [-0.39, 0.29) is 12.1 Å². The number of carbonyl (C=O) groups excluding carboxylic acids is 1. The van der Waals surface area contributed by atoms with E-state index >= 15 is 0 Å². The zero-order valence-electron chi connectivity index (χ0n) is 11.9. The van der Waals surface area contributed by atoms with E-state index in [1.165, 1.54) is 26.5 Å². The topological polar surface area (TPSA) is 50.8 Å². The van der Waals surface area contributed by atoms with E-state index in [2.05, 4.69) is 15.0 Å². The van der Waals surface area contributed by atoms with Crippen LogP contribution in [0.4, 0.5) is 0 Å². The van der Waals surface area contributed by atoms with Gasteiger partial charge in [0.25, 0.3) is 0 Å². The zero-order valence-corrected chi connectivity index (χ0v) is 11.9. The van der Waals surface area contributed by atoms with E-state index in [0.29, 0.717) is 18.2 Å². The van der Waals surface area contributed by atoms with Crippen LogP contribution in [-0.4, -0.2) is 62.9 Å². The van der Waals surface area contributed by atoms with Crippen LogP contribution in [0.1, 0.15) is 19.8 Å². The second-order valence-corrected chi connectivity index (χ2v) is 5.28. The monoisotopic (exact) mass is 268 g/mol. The highest BCUT2D eigenvalue weighted by atomic mass is 16.5. The van der Waals surface area contributed by atoms with E-state index in [1.807, 2.05) is 6.08 Å². The molecule has 0 bridgehead atoms. The Morgan fingerprint density at radius 1 is 1.58 bits per heavy atom. The van der Waals surface area contributed by atoms with Gasteiger partial charge in [-0.2, -0.15) is 0 Å². The first-order valence-corrected chi connectivity index (χ1v) is 7.02. The molecule has 0 aromatic rings. The Balaban J connectivity index is 1.65. The molecule has 0 radical (unpaired) electrons. The number of hydrogen-bond donors (Lipinski definition) is 1. The Morgan fingerprint density at radius 2 is 2.42 bits per heavy atom. The number of rotatable bonds is 5. The summed E-state index contributed by atoms with van der Waals surface area (Å²) in [7, 11) is 1.40. The van der Waals surface area contributed by atoms with Crippen LogP contribution in [0.25, 0.3) is 0 Å². The lowest BCUT2D eigenvalue weighted by molar-refractivity contribution is -0.136. The third-order valence-corrected chi connectivity index (χ3v) is 3.89. The second-order valence-electron chi connectivity index (χ2n) is 5.28. The van der Waals surface area contributed by atoms with Crippen molar-refractivity contribution < 1.29 is 14.3 Å². The highest BCUT2D eigenvalue weighted by Crippen LogP contribution is 2.22. The van der Waals surface area contributed by atoms with Crippen molar-refractivity contribution in [1.29, 1.82) is 0 Å². The average molecular weight is 268 g/mol. The Morgan fingerprint density at radius 3 is 3.21 bits per heavy atom. The Labute approximate surface area is 114 Å². The van der Waals surface area contributed by atoms with Gasteiger partial charge in [-0.1, -0.05) is 6.08 Å². The summed E-state index contributed by atoms with van der Waals surface area (Å²) >= 11 is 0. The first-order chi connectivity index (χ1) is 9.20. The van der Waals surface area contributed by atoms with Crippen LogP contribution >= 0.6 is 0 Å². The third-order valence-electron chi connectivity index (χ3n) is 3.89. The maximum atomic E-state index is 11.2. The van der Waals surface area contributed by atoms with Gasteiger partial charge in [0.1, 0.15) is 0 Å². The summed E-state index contributed by atoms with van der Waals surface area (Å²) in [6.45, 7) is 6.37. The lowest BCUT2D eigenvalue weighted by Gasteiger charge is -2.35. The van der Waals surface area contributed by atoms with Gasteiger partial charge in [0.15, 0.2) is 0 Å². The molecule has 108 valence electrons. The number of nitrogens with zero attached hydrogens (tertiary/aromatic N) is 1. The summed E-state index contributed by atoms with van der Waals surface area (Å²) in [6, 6.07) is 0.651. The smallest absolute Gasteiger partial charge is 0.333 e. The number of fused-ring (bicyclic) bond motifs is 1. The molecule has 1 N–H and O–H groups in total. The van der Waals surface area contributed by atoms with Gasteiger partial charge in [-0.3, -0.25) is 4.90 Å². The molecule has 5 heteroatoms. The van der Waals surface area contributed by atoms with Crippen molar-refractivity contribution in [1.82, 2.24) is 10.2 Å². The lowest BCUT2D eigenvalue weighted by atomic mass is 10.2. The number of methoxy groups -OCH3 is 1. The molecule has 19 heavy (non-hydrogen) atoms. The molecular formula is C14H24N2O3. The number of carbonyl (C=O) groups is 1. The molecule has 0 spiro atoms. The standard InChI is InChI=1S/C14H24N2O3/c1-11(14(17)18-2)5-6-15-8-13-9-16-7-3-4-12(16)10-19-13/h5,12-13,15H,3-4,6-10H2,1-2H3. The maximum Gasteiger partial charge on any atom is 0.333 e. The first kappa shape index (κ1) is 14.5. The van der Waals surface area contributed by atoms with E-state index < -0.39 is 0 Å². The van der Waals surface area contributed by atoms with Gasteiger partial charge in [-0.15, -0.1) is 0 Å². The predicted octanol–water partition coefficient (Wildman–Crippen LogP) is 0.559. The molecule has 2 unspecified atom stereocenters. The van der Waals surface area contributed by atoms with Gasteiger partial charge in [0, 0.05) is 31.2 Å². The van der Waals surface area contributed by atoms with Gasteiger partial charge in [0.05, 0.1) is 19.8 Å². The summed E-state index contributed by atoms with van der Waals surface area (Å²) in [6.07, 6.45) is 4.70. The number of esters is 1. The third kappa shape index (κ3) is 4.03. The first-order valence-electron chi connectivity index (χ1n) is 7.02. The fraction of sp³-hybridized carbons (Fsp3) is 0.786. The molecule has 0 saturated carbocycles. The van der Waals surface area contributed by atoms with Crippen LogP contribution in [0, 0.1) is 0 Å². The van der Waals surface area contributed by atoms with Crippen LogP contribution in [0.2, 0.25) is 0 Å². The van der Waals surface area contributed by atoms with Crippen LogP contribution in [0.3, 0.4) is 0 Å². The number of morpholine rings is 1. The normalized spacial score (nSPS) is 28.2. The van der Waals surface area contributed by atoms with E-state index in [0.717, 1.165) is 19.7 Å². The second kappa shape index (κ2) is 7.03. The number of hydrogen-bond acceptors (Lipinski definition) is 5. The molecule has 0 aromatic heterocycles. The molecule has 0 amide bonds. The van der Waals surface area contributed by atoms with Crippen LogP contribution in [-0.2, 0) is 14.3 Å². The van der Waals surface area contributed by atoms with Crippen LogP contribution in [0.15, 0.2) is 11.6 Å². The van der Waals surface area contributed by atoms with Crippen molar-refractivity contribution >= 4 is 5.97 Å². The predicted molar refractivity (Wildman–Crippen MR) is 73.0 cm³/mol. The number of ether oxygens (including phenoxy) is 2. The average Bonchev–Trinajstić information content (AvgIpc) is 2.89.